The van der Waals surface area contributed by atoms with Gasteiger partial charge in [0.1, 0.15) is 11.6 Å². The normalized spacial score (nSPS) is 17.7. The van der Waals surface area contributed by atoms with E-state index in [-0.39, 0.29) is 17.7 Å². The number of halogens is 2. The molecule has 0 saturated heterocycles. The fraction of sp³-hybridized carbons (Fsp3) is 0.471. The van der Waals surface area contributed by atoms with Gasteiger partial charge >= 0.3 is 0 Å². The molecule has 134 valence electrons. The quantitative estimate of drug-likeness (QED) is 0.900. The van der Waals surface area contributed by atoms with E-state index in [4.69, 9.17) is 4.74 Å². The summed E-state index contributed by atoms with van der Waals surface area (Å²) in [4.78, 5) is 16.9. The monoisotopic (exact) mass is 350 g/mol. The van der Waals surface area contributed by atoms with Gasteiger partial charge in [0.25, 0.3) is 5.91 Å². The lowest BCUT2D eigenvalue weighted by molar-refractivity contribution is -0.128. The van der Waals surface area contributed by atoms with E-state index >= 15 is 0 Å². The van der Waals surface area contributed by atoms with E-state index in [1.807, 2.05) is 11.6 Å². The molecule has 0 saturated carbocycles. The first kappa shape index (κ1) is 17.3. The Labute approximate surface area is 144 Å². The van der Waals surface area contributed by atoms with Crippen molar-refractivity contribution in [3.63, 3.8) is 0 Å². The first-order chi connectivity index (χ1) is 12.0. The minimum Gasteiger partial charge on any atom is -0.481 e. The second kappa shape index (κ2) is 7.16. The maximum Gasteiger partial charge on any atom is 0.261 e. The van der Waals surface area contributed by atoms with Crippen LogP contribution in [-0.4, -0.2) is 26.8 Å². The largest absolute Gasteiger partial charge is 0.481 e. The molecule has 1 aliphatic rings. The van der Waals surface area contributed by atoms with Crippen LogP contribution in [0.2, 0.25) is 0 Å². The second-order valence-corrected chi connectivity index (χ2v) is 6.00. The summed E-state index contributed by atoms with van der Waals surface area (Å²) in [6.07, 6.45) is 1.54. The van der Waals surface area contributed by atoms with Crippen LogP contribution in [0, 0.1) is 11.6 Å². The van der Waals surface area contributed by atoms with Gasteiger partial charge in [-0.2, -0.15) is 5.10 Å². The molecule has 25 heavy (non-hydrogen) atoms. The van der Waals surface area contributed by atoms with E-state index in [1.165, 1.54) is 6.07 Å². The lowest BCUT2D eigenvalue weighted by Gasteiger charge is -2.24. The van der Waals surface area contributed by atoms with Crippen LogP contribution < -0.4 is 10.1 Å². The molecule has 1 aliphatic heterocycles. The number of carbonyl (C=O) groups is 1. The highest BCUT2D eigenvalue weighted by atomic mass is 19.2. The van der Waals surface area contributed by atoms with E-state index in [9.17, 15) is 13.6 Å². The molecule has 0 bridgehead atoms. The first-order valence-corrected chi connectivity index (χ1v) is 8.33. The molecule has 0 unspecified atom stereocenters. The van der Waals surface area contributed by atoms with Crippen LogP contribution in [0.15, 0.2) is 18.2 Å². The number of rotatable bonds is 5. The van der Waals surface area contributed by atoms with Crippen molar-refractivity contribution in [2.75, 3.05) is 0 Å². The molecule has 3 rings (SSSR count). The van der Waals surface area contributed by atoms with Crippen LogP contribution in [0.1, 0.15) is 44.4 Å². The summed E-state index contributed by atoms with van der Waals surface area (Å²) in [6.45, 7) is 4.32. The van der Waals surface area contributed by atoms with Crippen molar-refractivity contribution in [1.82, 2.24) is 20.1 Å². The summed E-state index contributed by atoms with van der Waals surface area (Å²) in [6, 6.07) is 2.94. The Kier molecular flexibility index (Phi) is 4.96. The zero-order chi connectivity index (χ0) is 18.0. The van der Waals surface area contributed by atoms with Crippen LogP contribution >= 0.6 is 0 Å². The summed E-state index contributed by atoms with van der Waals surface area (Å²) >= 11 is 0. The molecule has 8 heteroatoms. The average molecular weight is 350 g/mol. The molecule has 2 atom stereocenters. The van der Waals surface area contributed by atoms with Crippen molar-refractivity contribution in [3.05, 3.63) is 41.5 Å². The molecule has 2 aromatic rings. The molecule has 6 nitrogen and oxygen atoms in total. The van der Waals surface area contributed by atoms with Gasteiger partial charge in [-0.15, -0.1) is 0 Å². The number of carbonyl (C=O) groups excluding carboxylic acids is 1. The predicted octanol–water partition coefficient (Wildman–Crippen LogP) is 2.54. The van der Waals surface area contributed by atoms with Crippen molar-refractivity contribution in [2.45, 2.75) is 51.8 Å². The summed E-state index contributed by atoms with van der Waals surface area (Å²) in [5.74, 6) is -0.722. The van der Waals surface area contributed by atoms with Crippen LogP contribution in [0.3, 0.4) is 0 Å². The van der Waals surface area contributed by atoms with Crippen LogP contribution in [0.5, 0.6) is 5.75 Å². The molecule has 0 fully saturated rings. The Bertz CT molecular complexity index is 778. The highest BCUT2D eigenvalue weighted by Gasteiger charge is 2.27. The van der Waals surface area contributed by atoms with Crippen molar-refractivity contribution >= 4 is 5.91 Å². The standard InChI is InChI=1S/C17H20F2N4O2/c1-3-15-21-16-14(5-4-8-23(16)22-15)20-17(24)10(2)25-11-6-7-12(18)13(19)9-11/h6-7,9-10,14H,3-5,8H2,1-2H3,(H,20,24)/t10-,14-/m0/s1. The van der Waals surface area contributed by atoms with Crippen molar-refractivity contribution < 1.29 is 18.3 Å². The second-order valence-electron chi connectivity index (χ2n) is 6.00. The van der Waals surface area contributed by atoms with Crippen molar-refractivity contribution in [3.8, 4) is 5.75 Å². The zero-order valence-corrected chi connectivity index (χ0v) is 14.1. The van der Waals surface area contributed by atoms with E-state index in [0.717, 1.165) is 49.6 Å². The molecule has 0 spiro atoms. The SMILES string of the molecule is CCc1nc2n(n1)CCC[C@@H]2NC(=O)[C@H](C)Oc1ccc(F)c(F)c1. The van der Waals surface area contributed by atoms with Gasteiger partial charge in [-0.25, -0.2) is 18.4 Å². The Morgan fingerprint density at radius 1 is 1.44 bits per heavy atom. The maximum atomic E-state index is 13.2. The molecular formula is C17H20F2N4O2. The Morgan fingerprint density at radius 3 is 2.96 bits per heavy atom. The number of benzene rings is 1. The lowest BCUT2D eigenvalue weighted by atomic mass is 10.1. The Balaban J connectivity index is 1.66. The van der Waals surface area contributed by atoms with Crippen molar-refractivity contribution in [1.29, 1.82) is 0 Å². The Morgan fingerprint density at radius 2 is 2.24 bits per heavy atom. The highest BCUT2D eigenvalue weighted by molar-refractivity contribution is 5.81. The number of fused-ring (bicyclic) bond motifs is 1. The van der Waals surface area contributed by atoms with Gasteiger partial charge in [-0.1, -0.05) is 6.92 Å². The number of hydrogen-bond acceptors (Lipinski definition) is 4. The number of aromatic nitrogens is 3. The zero-order valence-electron chi connectivity index (χ0n) is 14.1. The van der Waals surface area contributed by atoms with Gasteiger partial charge < -0.3 is 10.1 Å². The average Bonchev–Trinajstić information content (AvgIpc) is 3.02. The third kappa shape index (κ3) is 3.78. The molecule has 1 amide bonds. The fourth-order valence-corrected chi connectivity index (χ4v) is 2.78. The summed E-state index contributed by atoms with van der Waals surface area (Å²) in [5, 5.41) is 7.31. The molecule has 0 radical (unpaired) electrons. The van der Waals surface area contributed by atoms with E-state index in [1.54, 1.807) is 6.92 Å². The topological polar surface area (TPSA) is 69.0 Å². The van der Waals surface area contributed by atoms with E-state index < -0.39 is 17.7 Å². The van der Waals surface area contributed by atoms with Gasteiger partial charge in [0.05, 0.1) is 6.04 Å². The van der Waals surface area contributed by atoms with Crippen molar-refractivity contribution in [2.24, 2.45) is 0 Å². The minimum atomic E-state index is -1.02. The maximum absolute atomic E-state index is 13.2. The third-order valence-electron chi connectivity index (χ3n) is 4.12. The number of nitrogens with one attached hydrogen (secondary N) is 1. The van der Waals surface area contributed by atoms with Crippen LogP contribution in [-0.2, 0) is 17.8 Å². The van der Waals surface area contributed by atoms with Gasteiger partial charge in [0.2, 0.25) is 0 Å². The summed E-state index contributed by atoms with van der Waals surface area (Å²) < 4.78 is 33.4. The molecule has 0 aliphatic carbocycles. The van der Waals surface area contributed by atoms with Gasteiger partial charge in [-0.3, -0.25) is 4.79 Å². The van der Waals surface area contributed by atoms with E-state index in [2.05, 4.69) is 15.4 Å². The van der Waals surface area contributed by atoms with Gasteiger partial charge in [0, 0.05) is 19.0 Å². The molecule has 1 aromatic heterocycles. The Hall–Kier alpha value is -2.51. The smallest absolute Gasteiger partial charge is 0.261 e. The third-order valence-corrected chi connectivity index (χ3v) is 4.12. The number of amides is 1. The highest BCUT2D eigenvalue weighted by Crippen LogP contribution is 2.24. The minimum absolute atomic E-state index is 0.0987. The lowest BCUT2D eigenvalue weighted by Crippen LogP contribution is -2.40. The molecule has 2 heterocycles. The number of hydrogen-bond donors (Lipinski definition) is 1. The molecule has 1 N–H and O–H groups in total. The summed E-state index contributed by atoms with van der Waals surface area (Å²) in [5.41, 5.74) is 0. The number of aryl methyl sites for hydroxylation is 2. The van der Waals surface area contributed by atoms with Crippen LogP contribution in [0.25, 0.3) is 0 Å². The first-order valence-electron chi connectivity index (χ1n) is 8.33. The van der Waals surface area contributed by atoms with E-state index in [0.29, 0.717) is 0 Å². The number of nitrogens with zero attached hydrogens (tertiary/aromatic N) is 3. The summed E-state index contributed by atoms with van der Waals surface area (Å²) in [7, 11) is 0. The predicted molar refractivity (Wildman–Crippen MR) is 86.0 cm³/mol. The molecular weight excluding hydrogens is 330 g/mol. The number of ether oxygens (including phenoxy) is 1. The fourth-order valence-electron chi connectivity index (χ4n) is 2.78. The van der Waals surface area contributed by atoms with Gasteiger partial charge in [-0.05, 0) is 31.9 Å². The molecule has 1 aromatic carbocycles. The van der Waals surface area contributed by atoms with Gasteiger partial charge in [0.15, 0.2) is 23.6 Å². The van der Waals surface area contributed by atoms with Crippen LogP contribution in [0.4, 0.5) is 8.78 Å².